The Morgan fingerprint density at radius 3 is 2.53 bits per heavy atom. The van der Waals surface area contributed by atoms with Gasteiger partial charge in [-0.1, -0.05) is 36.4 Å². The molecule has 0 aliphatic rings. The molecule has 0 bridgehead atoms. The van der Waals surface area contributed by atoms with Gasteiger partial charge < -0.3 is 5.73 Å². The fourth-order valence-electron chi connectivity index (χ4n) is 1.64. The molecule has 2 rings (SSSR count). The molecule has 2 nitrogen and oxygen atoms in total. The normalized spacial score (nSPS) is 12.3. The van der Waals surface area contributed by atoms with Crippen LogP contribution in [0.1, 0.15) is 11.1 Å². The lowest BCUT2D eigenvalue weighted by Crippen LogP contribution is -2.01. The highest BCUT2D eigenvalue weighted by atomic mass is 32.2. The van der Waals surface area contributed by atoms with Gasteiger partial charge in [0.2, 0.25) is 0 Å². The van der Waals surface area contributed by atoms with E-state index in [2.05, 4.69) is 0 Å². The second-order valence-electron chi connectivity index (χ2n) is 4.02. The number of benzene rings is 2. The van der Waals surface area contributed by atoms with Gasteiger partial charge in [0.15, 0.2) is 0 Å². The Balaban J connectivity index is 2.23. The van der Waals surface area contributed by atoms with Gasteiger partial charge in [-0.05, 0) is 30.2 Å². The highest BCUT2D eigenvalue weighted by Crippen LogP contribution is 2.20. The van der Waals surface area contributed by atoms with Gasteiger partial charge in [-0.25, -0.2) is 0 Å². The fraction of sp³-hybridized carbons (Fsp3) is 0.143. The van der Waals surface area contributed by atoms with Gasteiger partial charge in [0.05, 0.1) is 21.4 Å². The Hall–Kier alpha value is -1.61. The summed E-state index contributed by atoms with van der Waals surface area (Å²) in [4.78, 5) is 0.730. The van der Waals surface area contributed by atoms with Gasteiger partial charge in [0.1, 0.15) is 0 Å². The zero-order valence-corrected chi connectivity index (χ0v) is 10.5. The van der Waals surface area contributed by atoms with Crippen molar-refractivity contribution in [1.29, 1.82) is 0 Å². The van der Waals surface area contributed by atoms with Crippen LogP contribution in [0.25, 0.3) is 0 Å². The number of nitrogens with two attached hydrogens (primary N) is 1. The second-order valence-corrected chi connectivity index (χ2v) is 5.44. The van der Waals surface area contributed by atoms with Crippen LogP contribution in [-0.4, -0.2) is 4.21 Å². The summed E-state index contributed by atoms with van der Waals surface area (Å²) in [6, 6.07) is 15.4. The Labute approximate surface area is 104 Å². The first-order valence-corrected chi connectivity index (χ1v) is 6.77. The summed E-state index contributed by atoms with van der Waals surface area (Å²) in [6.07, 6.45) is 0. The van der Waals surface area contributed by atoms with Gasteiger partial charge in [-0.3, -0.25) is 4.21 Å². The van der Waals surface area contributed by atoms with E-state index in [0.717, 1.165) is 16.0 Å². The van der Waals surface area contributed by atoms with E-state index in [0.29, 0.717) is 11.4 Å². The Kier molecular flexibility index (Phi) is 3.59. The quantitative estimate of drug-likeness (QED) is 0.845. The molecule has 3 heteroatoms. The zero-order chi connectivity index (χ0) is 12.3. The van der Waals surface area contributed by atoms with E-state index in [1.165, 1.54) is 0 Å². The first kappa shape index (κ1) is 11.9. The van der Waals surface area contributed by atoms with Crippen molar-refractivity contribution in [3.05, 3.63) is 59.7 Å². The standard InChI is InChI=1S/C14H15NOS/c1-11-7-8-13(15)14(9-11)17(16)10-12-5-3-2-4-6-12/h2-9H,10,15H2,1H3. The lowest BCUT2D eigenvalue weighted by molar-refractivity contribution is 0.683. The van der Waals surface area contributed by atoms with Crippen LogP contribution in [-0.2, 0) is 16.6 Å². The van der Waals surface area contributed by atoms with Crippen LogP contribution in [0.3, 0.4) is 0 Å². The summed E-state index contributed by atoms with van der Waals surface area (Å²) < 4.78 is 12.2. The van der Waals surface area contributed by atoms with Gasteiger partial charge in [0, 0.05) is 5.69 Å². The molecule has 2 aromatic rings. The van der Waals surface area contributed by atoms with Crippen LogP contribution in [0.2, 0.25) is 0 Å². The van der Waals surface area contributed by atoms with Crippen molar-refractivity contribution in [2.24, 2.45) is 0 Å². The molecule has 2 N–H and O–H groups in total. The maximum atomic E-state index is 12.2. The first-order valence-electron chi connectivity index (χ1n) is 5.45. The number of hydrogen-bond acceptors (Lipinski definition) is 2. The Bertz CT molecular complexity index is 537. The predicted octanol–water partition coefficient (Wildman–Crippen LogP) is 2.89. The number of hydrogen-bond donors (Lipinski definition) is 1. The summed E-state index contributed by atoms with van der Waals surface area (Å²) in [5.41, 5.74) is 8.59. The van der Waals surface area contributed by atoms with Crippen LogP contribution in [0.15, 0.2) is 53.4 Å². The van der Waals surface area contributed by atoms with Crippen molar-refractivity contribution in [2.45, 2.75) is 17.6 Å². The minimum absolute atomic E-state index is 0.508. The van der Waals surface area contributed by atoms with Crippen molar-refractivity contribution in [3.8, 4) is 0 Å². The topological polar surface area (TPSA) is 43.1 Å². The van der Waals surface area contributed by atoms with Crippen molar-refractivity contribution in [1.82, 2.24) is 0 Å². The van der Waals surface area contributed by atoms with Crippen molar-refractivity contribution < 1.29 is 4.21 Å². The smallest absolute Gasteiger partial charge is 0.0623 e. The van der Waals surface area contributed by atoms with Crippen LogP contribution < -0.4 is 5.73 Å². The highest BCUT2D eigenvalue weighted by Gasteiger charge is 2.08. The molecular weight excluding hydrogens is 230 g/mol. The molecule has 0 amide bonds. The molecule has 0 fully saturated rings. The molecule has 0 aromatic heterocycles. The molecule has 0 aliphatic heterocycles. The van der Waals surface area contributed by atoms with Crippen LogP contribution in [0, 0.1) is 6.92 Å². The molecule has 0 heterocycles. The maximum Gasteiger partial charge on any atom is 0.0623 e. The van der Waals surface area contributed by atoms with Crippen molar-refractivity contribution in [2.75, 3.05) is 5.73 Å². The predicted molar refractivity (Wildman–Crippen MR) is 72.1 cm³/mol. The lowest BCUT2D eigenvalue weighted by atomic mass is 10.2. The van der Waals surface area contributed by atoms with E-state index in [9.17, 15) is 4.21 Å². The average molecular weight is 245 g/mol. The lowest BCUT2D eigenvalue weighted by Gasteiger charge is -2.07. The summed E-state index contributed by atoms with van der Waals surface area (Å²) in [6.45, 7) is 1.97. The number of aryl methyl sites for hydroxylation is 1. The van der Waals surface area contributed by atoms with E-state index < -0.39 is 10.8 Å². The molecule has 0 spiro atoms. The van der Waals surface area contributed by atoms with Crippen LogP contribution in [0.4, 0.5) is 5.69 Å². The molecule has 0 radical (unpaired) electrons. The number of anilines is 1. The molecule has 88 valence electrons. The Morgan fingerprint density at radius 1 is 1.12 bits per heavy atom. The largest absolute Gasteiger partial charge is 0.398 e. The monoisotopic (exact) mass is 245 g/mol. The number of nitrogen functional groups attached to an aromatic ring is 1. The van der Waals surface area contributed by atoms with E-state index in [4.69, 9.17) is 5.73 Å². The van der Waals surface area contributed by atoms with Gasteiger partial charge >= 0.3 is 0 Å². The number of rotatable bonds is 3. The van der Waals surface area contributed by atoms with E-state index in [1.54, 1.807) is 0 Å². The summed E-state index contributed by atoms with van der Waals surface area (Å²) in [7, 11) is -1.08. The molecular formula is C14H15NOS. The third-order valence-electron chi connectivity index (χ3n) is 2.55. The van der Waals surface area contributed by atoms with E-state index >= 15 is 0 Å². The molecule has 2 aromatic carbocycles. The summed E-state index contributed by atoms with van der Waals surface area (Å²) >= 11 is 0. The molecule has 17 heavy (non-hydrogen) atoms. The highest BCUT2D eigenvalue weighted by molar-refractivity contribution is 7.84. The molecule has 0 saturated carbocycles. The molecule has 1 atom stereocenters. The SMILES string of the molecule is Cc1ccc(N)c(S(=O)Cc2ccccc2)c1. The van der Waals surface area contributed by atoms with E-state index in [1.807, 2.05) is 55.5 Å². The average Bonchev–Trinajstić information content (AvgIpc) is 2.33. The summed E-state index contributed by atoms with van der Waals surface area (Å²) in [5, 5.41) is 0. The van der Waals surface area contributed by atoms with Gasteiger partial charge in [-0.15, -0.1) is 0 Å². The van der Waals surface area contributed by atoms with Crippen LogP contribution >= 0.6 is 0 Å². The molecule has 0 saturated heterocycles. The summed E-state index contributed by atoms with van der Waals surface area (Å²) in [5.74, 6) is 0.508. The maximum absolute atomic E-state index is 12.2. The van der Waals surface area contributed by atoms with Crippen LogP contribution in [0.5, 0.6) is 0 Å². The van der Waals surface area contributed by atoms with Crippen molar-refractivity contribution in [3.63, 3.8) is 0 Å². The van der Waals surface area contributed by atoms with Gasteiger partial charge in [0.25, 0.3) is 0 Å². The second kappa shape index (κ2) is 5.15. The molecule has 0 aliphatic carbocycles. The fourth-order valence-corrected chi connectivity index (χ4v) is 2.94. The Morgan fingerprint density at radius 2 is 1.82 bits per heavy atom. The van der Waals surface area contributed by atoms with Crippen molar-refractivity contribution >= 4 is 16.5 Å². The molecule has 1 unspecified atom stereocenters. The minimum Gasteiger partial charge on any atom is -0.398 e. The van der Waals surface area contributed by atoms with E-state index in [-0.39, 0.29) is 0 Å². The third kappa shape index (κ3) is 2.94. The van der Waals surface area contributed by atoms with Gasteiger partial charge in [-0.2, -0.15) is 0 Å². The zero-order valence-electron chi connectivity index (χ0n) is 9.72. The first-order chi connectivity index (χ1) is 8.16. The minimum atomic E-state index is -1.08. The third-order valence-corrected chi connectivity index (χ3v) is 3.99.